The zero-order chi connectivity index (χ0) is 8.97. The van der Waals surface area contributed by atoms with Crippen LogP contribution in [0.5, 0.6) is 0 Å². The van der Waals surface area contributed by atoms with Gasteiger partial charge in [-0.25, -0.2) is 4.79 Å². The minimum atomic E-state index is -0.733. The van der Waals surface area contributed by atoms with Gasteiger partial charge in [-0.3, -0.25) is 0 Å². The first kappa shape index (κ1) is 9.34. The molecule has 1 aliphatic rings. The maximum atomic E-state index is 10.4. The number of carbonyl (C=O) groups is 1. The smallest absolute Gasteiger partial charge is 0.430 e. The number of aliphatic hydroxyl groups is 1. The number of cyclic esters (lactones) is 2. The second-order valence-electron chi connectivity index (χ2n) is 2.28. The zero-order valence-electron chi connectivity index (χ0n) is 6.43. The first-order valence-corrected chi connectivity index (χ1v) is 3.55. The van der Waals surface area contributed by atoms with Gasteiger partial charge in [0.1, 0.15) is 14.5 Å². The molecule has 0 saturated carbocycles. The fourth-order valence-electron chi connectivity index (χ4n) is 0.800. The molecular formula is C6H9BO5. The van der Waals surface area contributed by atoms with Crippen molar-refractivity contribution in [1.82, 2.24) is 0 Å². The summed E-state index contributed by atoms with van der Waals surface area (Å²) in [6.07, 6.45) is -1.30. The maximum absolute atomic E-state index is 10.4. The Kier molecular flexibility index (Phi) is 3.37. The van der Waals surface area contributed by atoms with Crippen molar-refractivity contribution in [3.05, 3.63) is 0 Å². The molecule has 0 bridgehead atoms. The molecule has 0 aromatic carbocycles. The van der Waals surface area contributed by atoms with E-state index in [0.29, 0.717) is 0 Å². The van der Waals surface area contributed by atoms with Gasteiger partial charge in [0.2, 0.25) is 0 Å². The molecule has 1 rings (SSSR count). The van der Waals surface area contributed by atoms with Crippen molar-refractivity contribution in [3.63, 3.8) is 0 Å². The third-order valence-electron chi connectivity index (χ3n) is 1.38. The topological polar surface area (TPSA) is 65.0 Å². The van der Waals surface area contributed by atoms with E-state index in [9.17, 15) is 4.79 Å². The van der Waals surface area contributed by atoms with Gasteiger partial charge < -0.3 is 19.3 Å². The lowest BCUT2D eigenvalue weighted by atomic mass is 9.95. The van der Waals surface area contributed by atoms with Gasteiger partial charge in [0.25, 0.3) is 0 Å². The molecule has 66 valence electrons. The molecule has 6 heteroatoms. The Morgan fingerprint density at radius 2 is 2.58 bits per heavy atom. The molecule has 0 spiro atoms. The second kappa shape index (κ2) is 4.32. The summed E-state index contributed by atoms with van der Waals surface area (Å²) in [4.78, 5) is 10.4. The Morgan fingerprint density at radius 3 is 3.08 bits per heavy atom. The van der Waals surface area contributed by atoms with E-state index in [1.807, 2.05) is 0 Å². The average Bonchev–Trinajstić information content (AvgIpc) is 2.47. The van der Waals surface area contributed by atoms with Gasteiger partial charge in [-0.2, -0.15) is 0 Å². The van der Waals surface area contributed by atoms with Crippen molar-refractivity contribution in [1.29, 1.82) is 0 Å². The van der Waals surface area contributed by atoms with Gasteiger partial charge >= 0.3 is 6.16 Å². The molecule has 0 aromatic rings. The van der Waals surface area contributed by atoms with Gasteiger partial charge in [0.05, 0.1) is 19.2 Å². The number of ether oxygens (including phenoxy) is 3. The quantitative estimate of drug-likeness (QED) is 0.436. The van der Waals surface area contributed by atoms with E-state index in [1.54, 1.807) is 0 Å². The summed E-state index contributed by atoms with van der Waals surface area (Å²) >= 11 is 0. The van der Waals surface area contributed by atoms with Gasteiger partial charge in [0.15, 0.2) is 6.10 Å². The molecule has 2 atom stereocenters. The van der Waals surface area contributed by atoms with Crippen LogP contribution in [0.4, 0.5) is 4.79 Å². The summed E-state index contributed by atoms with van der Waals surface area (Å²) in [5.74, 6) is 0. The highest BCUT2D eigenvalue weighted by molar-refractivity contribution is 6.11. The van der Waals surface area contributed by atoms with E-state index >= 15 is 0 Å². The first-order valence-electron chi connectivity index (χ1n) is 3.55. The summed E-state index contributed by atoms with van der Waals surface area (Å²) < 4.78 is 14.0. The lowest BCUT2D eigenvalue weighted by Crippen LogP contribution is -2.32. The Bertz CT molecular complexity index is 162. The molecule has 2 radical (unpaired) electrons. The van der Waals surface area contributed by atoms with Crippen LogP contribution in [0.1, 0.15) is 0 Å². The van der Waals surface area contributed by atoms with Crippen LogP contribution in [0.15, 0.2) is 0 Å². The highest BCUT2D eigenvalue weighted by Gasteiger charge is 2.29. The van der Waals surface area contributed by atoms with Crippen molar-refractivity contribution >= 4 is 14.0 Å². The van der Waals surface area contributed by atoms with Crippen molar-refractivity contribution in [2.24, 2.45) is 0 Å². The van der Waals surface area contributed by atoms with Crippen LogP contribution in [0.25, 0.3) is 0 Å². The Balaban J connectivity index is 2.23. The second-order valence-corrected chi connectivity index (χ2v) is 2.28. The number of rotatable bonds is 4. The van der Waals surface area contributed by atoms with Crippen LogP contribution in [0.3, 0.4) is 0 Å². The molecule has 1 saturated heterocycles. The van der Waals surface area contributed by atoms with Gasteiger partial charge in [-0.1, -0.05) is 0 Å². The number of hydrogen-bond acceptors (Lipinski definition) is 5. The molecule has 0 aliphatic carbocycles. The van der Waals surface area contributed by atoms with Gasteiger partial charge in [-0.05, 0) is 0 Å². The highest BCUT2D eigenvalue weighted by Crippen LogP contribution is 2.10. The lowest BCUT2D eigenvalue weighted by molar-refractivity contribution is 0.00611. The maximum Gasteiger partial charge on any atom is 0.508 e. The molecule has 1 fully saturated rings. The molecule has 1 heterocycles. The summed E-state index contributed by atoms with van der Waals surface area (Å²) in [7, 11) is 5.44. The standard InChI is InChI=1S/C6H9BO5/c7-5(10-2-1-8)4-3-11-6(9)12-4/h4-5,8H,1-3H2/t4-,5+/m0/s1. The number of carbonyl (C=O) groups excluding carboxylic acids is 1. The lowest BCUT2D eigenvalue weighted by Gasteiger charge is -2.16. The van der Waals surface area contributed by atoms with Crippen molar-refractivity contribution in [2.45, 2.75) is 12.1 Å². The summed E-state index contributed by atoms with van der Waals surface area (Å²) in [6, 6.07) is -0.733. The Morgan fingerprint density at radius 1 is 1.83 bits per heavy atom. The molecule has 12 heavy (non-hydrogen) atoms. The van der Waals surface area contributed by atoms with E-state index in [4.69, 9.17) is 17.7 Å². The molecule has 0 amide bonds. The van der Waals surface area contributed by atoms with Crippen molar-refractivity contribution < 1.29 is 24.1 Å². The minimum absolute atomic E-state index is 0.103. The third-order valence-corrected chi connectivity index (χ3v) is 1.38. The van der Waals surface area contributed by atoms with Crippen LogP contribution in [0, 0.1) is 0 Å². The minimum Gasteiger partial charge on any atom is -0.430 e. The molecule has 5 nitrogen and oxygen atoms in total. The van der Waals surface area contributed by atoms with E-state index < -0.39 is 18.3 Å². The van der Waals surface area contributed by atoms with Crippen molar-refractivity contribution in [3.8, 4) is 0 Å². The van der Waals surface area contributed by atoms with Crippen LogP contribution in [-0.4, -0.2) is 51.0 Å². The van der Waals surface area contributed by atoms with Crippen LogP contribution in [0.2, 0.25) is 0 Å². The predicted octanol–water partition coefficient (Wildman–Crippen LogP) is -0.975. The monoisotopic (exact) mass is 172 g/mol. The molecular weight excluding hydrogens is 163 g/mol. The summed E-state index contributed by atoms with van der Waals surface area (Å²) in [6.45, 7) is 0.107. The fourth-order valence-corrected chi connectivity index (χ4v) is 0.800. The first-order chi connectivity index (χ1) is 5.74. The highest BCUT2D eigenvalue weighted by atomic mass is 16.8. The number of aliphatic hydroxyl groups excluding tert-OH is 1. The number of hydrogen-bond donors (Lipinski definition) is 1. The van der Waals surface area contributed by atoms with E-state index in [1.165, 1.54) is 0 Å². The Labute approximate surface area is 71.0 Å². The van der Waals surface area contributed by atoms with Crippen LogP contribution >= 0.6 is 0 Å². The van der Waals surface area contributed by atoms with Gasteiger partial charge in [0, 0.05) is 0 Å². The van der Waals surface area contributed by atoms with Crippen LogP contribution < -0.4 is 0 Å². The predicted molar refractivity (Wildman–Crippen MR) is 38.8 cm³/mol. The summed E-state index contributed by atoms with van der Waals surface area (Å²) in [5, 5.41) is 8.39. The van der Waals surface area contributed by atoms with E-state index in [-0.39, 0.29) is 19.8 Å². The molecule has 0 aromatic heterocycles. The van der Waals surface area contributed by atoms with Gasteiger partial charge in [-0.15, -0.1) is 0 Å². The van der Waals surface area contributed by atoms with Crippen LogP contribution in [-0.2, 0) is 14.2 Å². The fraction of sp³-hybridized carbons (Fsp3) is 0.833. The molecule has 0 unspecified atom stereocenters. The largest absolute Gasteiger partial charge is 0.508 e. The average molecular weight is 172 g/mol. The normalized spacial score (nSPS) is 24.8. The molecule has 1 aliphatic heterocycles. The SMILES string of the molecule is [B][C@H](OCCO)[C@@H]1COC(=O)O1. The van der Waals surface area contributed by atoms with E-state index in [2.05, 4.69) is 9.47 Å². The summed E-state index contributed by atoms with van der Waals surface area (Å²) in [5.41, 5.74) is 0. The van der Waals surface area contributed by atoms with Crippen molar-refractivity contribution in [2.75, 3.05) is 19.8 Å². The third kappa shape index (κ3) is 2.39. The Hall–Kier alpha value is -0.745. The molecule has 1 N–H and O–H groups in total. The van der Waals surface area contributed by atoms with E-state index in [0.717, 1.165) is 0 Å². The zero-order valence-corrected chi connectivity index (χ0v) is 6.43.